The molecule has 0 N–H and O–H groups in total. The first-order valence-corrected chi connectivity index (χ1v) is 10.0. The molecule has 0 aliphatic rings. The SMILES string of the molecule is CC(C)(C)C(=O)Oc1ccc2cc(-c3nc(-c4ccccc4)cs3)c(=O)oc2c1. The normalized spacial score (nSPS) is 11.6. The van der Waals surface area contributed by atoms with Gasteiger partial charge in [0.15, 0.2) is 0 Å². The van der Waals surface area contributed by atoms with E-state index in [2.05, 4.69) is 4.98 Å². The van der Waals surface area contributed by atoms with E-state index in [4.69, 9.17) is 9.15 Å². The summed E-state index contributed by atoms with van der Waals surface area (Å²) in [7, 11) is 0. The highest BCUT2D eigenvalue weighted by molar-refractivity contribution is 7.13. The van der Waals surface area contributed by atoms with Crippen LogP contribution in [0.2, 0.25) is 0 Å². The van der Waals surface area contributed by atoms with Crippen LogP contribution in [0.3, 0.4) is 0 Å². The van der Waals surface area contributed by atoms with E-state index < -0.39 is 11.0 Å². The molecule has 146 valence electrons. The Hall–Kier alpha value is -3.25. The monoisotopic (exact) mass is 405 g/mol. The zero-order valence-corrected chi connectivity index (χ0v) is 17.1. The minimum Gasteiger partial charge on any atom is -0.426 e. The predicted molar refractivity (Wildman–Crippen MR) is 114 cm³/mol. The van der Waals surface area contributed by atoms with Crippen molar-refractivity contribution in [2.45, 2.75) is 20.8 Å². The average molecular weight is 405 g/mol. The lowest BCUT2D eigenvalue weighted by atomic mass is 9.97. The van der Waals surface area contributed by atoms with Gasteiger partial charge in [-0.1, -0.05) is 30.3 Å². The molecule has 0 atom stereocenters. The van der Waals surface area contributed by atoms with Gasteiger partial charge >= 0.3 is 11.6 Å². The minimum atomic E-state index is -0.624. The van der Waals surface area contributed by atoms with Gasteiger partial charge in [-0.3, -0.25) is 4.79 Å². The number of hydrogen-bond acceptors (Lipinski definition) is 6. The van der Waals surface area contributed by atoms with Gasteiger partial charge in [-0.2, -0.15) is 0 Å². The van der Waals surface area contributed by atoms with Gasteiger partial charge in [0.2, 0.25) is 0 Å². The summed E-state index contributed by atoms with van der Waals surface area (Å²) in [5.41, 5.74) is 1.47. The van der Waals surface area contributed by atoms with Crippen molar-refractivity contribution in [3.05, 3.63) is 70.4 Å². The van der Waals surface area contributed by atoms with Crippen LogP contribution in [0.1, 0.15) is 20.8 Å². The minimum absolute atomic E-state index is 0.342. The van der Waals surface area contributed by atoms with Crippen molar-refractivity contribution in [3.8, 4) is 27.6 Å². The Bertz CT molecular complexity index is 1250. The van der Waals surface area contributed by atoms with Crippen LogP contribution >= 0.6 is 11.3 Å². The Morgan fingerprint density at radius 1 is 1.07 bits per heavy atom. The molecule has 2 aromatic heterocycles. The molecule has 0 bridgehead atoms. The zero-order chi connectivity index (χ0) is 20.6. The quantitative estimate of drug-likeness (QED) is 0.254. The number of fused-ring (bicyclic) bond motifs is 1. The fourth-order valence-electron chi connectivity index (χ4n) is 2.70. The van der Waals surface area contributed by atoms with Gasteiger partial charge in [0.1, 0.15) is 16.3 Å². The summed E-state index contributed by atoms with van der Waals surface area (Å²) >= 11 is 1.39. The molecule has 0 aliphatic carbocycles. The van der Waals surface area contributed by atoms with Crippen molar-refractivity contribution in [1.29, 1.82) is 0 Å². The van der Waals surface area contributed by atoms with Crippen molar-refractivity contribution in [2.75, 3.05) is 0 Å². The molecule has 0 fully saturated rings. The standard InChI is InChI=1S/C23H19NO4S/c1-23(2,3)22(26)27-16-10-9-15-11-17(21(25)28-19(15)12-16)20-24-18(13-29-20)14-7-5-4-6-8-14/h4-13H,1-3H3. The number of nitrogens with zero attached hydrogens (tertiary/aromatic N) is 1. The van der Waals surface area contributed by atoms with Gasteiger partial charge < -0.3 is 9.15 Å². The summed E-state index contributed by atoms with van der Waals surface area (Å²) in [5.74, 6) is -0.0130. The van der Waals surface area contributed by atoms with Crippen molar-refractivity contribution < 1.29 is 13.9 Å². The van der Waals surface area contributed by atoms with E-state index in [1.165, 1.54) is 11.3 Å². The van der Waals surface area contributed by atoms with Crippen molar-refractivity contribution >= 4 is 28.3 Å². The van der Waals surface area contributed by atoms with E-state index >= 15 is 0 Å². The first-order chi connectivity index (χ1) is 13.8. The van der Waals surface area contributed by atoms with Gasteiger partial charge in [-0.05, 0) is 39.0 Å². The first-order valence-electron chi connectivity index (χ1n) is 9.13. The second-order valence-corrected chi connectivity index (χ2v) is 8.55. The molecular formula is C23H19NO4S. The number of ether oxygens (including phenoxy) is 1. The largest absolute Gasteiger partial charge is 0.426 e. The third kappa shape index (κ3) is 3.98. The molecule has 0 unspecified atom stereocenters. The maximum Gasteiger partial charge on any atom is 0.346 e. The summed E-state index contributed by atoms with van der Waals surface area (Å²) in [5, 5.41) is 3.25. The van der Waals surface area contributed by atoms with Crippen LogP contribution in [0, 0.1) is 5.41 Å². The number of aromatic nitrogens is 1. The van der Waals surface area contributed by atoms with Crippen molar-refractivity contribution in [2.24, 2.45) is 5.41 Å². The van der Waals surface area contributed by atoms with Crippen LogP contribution in [0.25, 0.3) is 32.8 Å². The van der Waals surface area contributed by atoms with Crippen LogP contribution in [-0.4, -0.2) is 11.0 Å². The third-order valence-corrected chi connectivity index (χ3v) is 5.21. The molecule has 4 rings (SSSR count). The summed E-state index contributed by atoms with van der Waals surface area (Å²) in [6, 6.07) is 16.6. The fourth-order valence-corrected chi connectivity index (χ4v) is 3.54. The Kier molecular flexibility index (Phi) is 4.80. The highest BCUT2D eigenvalue weighted by Crippen LogP contribution is 2.30. The van der Waals surface area contributed by atoms with Gasteiger partial charge in [-0.15, -0.1) is 11.3 Å². The van der Waals surface area contributed by atoms with Crippen LogP contribution in [0.4, 0.5) is 0 Å². The molecule has 2 heterocycles. The van der Waals surface area contributed by atoms with E-state index in [0.717, 1.165) is 16.6 Å². The molecular weight excluding hydrogens is 386 g/mol. The van der Waals surface area contributed by atoms with Crippen molar-refractivity contribution in [1.82, 2.24) is 4.98 Å². The Morgan fingerprint density at radius 2 is 1.83 bits per heavy atom. The summed E-state index contributed by atoms with van der Waals surface area (Å²) < 4.78 is 10.9. The number of thiazole rings is 1. The van der Waals surface area contributed by atoms with Crippen LogP contribution in [0.5, 0.6) is 5.75 Å². The lowest BCUT2D eigenvalue weighted by Gasteiger charge is -2.16. The maximum absolute atomic E-state index is 12.6. The van der Waals surface area contributed by atoms with Gasteiger partial charge in [-0.25, -0.2) is 9.78 Å². The first kappa shape index (κ1) is 19.1. The van der Waals surface area contributed by atoms with E-state index in [-0.39, 0.29) is 5.97 Å². The molecule has 5 nitrogen and oxygen atoms in total. The lowest BCUT2D eigenvalue weighted by Crippen LogP contribution is -2.25. The molecule has 0 amide bonds. The molecule has 0 radical (unpaired) electrons. The lowest BCUT2D eigenvalue weighted by molar-refractivity contribution is -0.142. The molecule has 4 aromatic rings. The number of hydrogen-bond donors (Lipinski definition) is 0. The maximum atomic E-state index is 12.6. The van der Waals surface area contributed by atoms with Gasteiger partial charge in [0.05, 0.1) is 16.7 Å². The Morgan fingerprint density at radius 3 is 2.55 bits per heavy atom. The number of rotatable bonds is 3. The van der Waals surface area contributed by atoms with Gasteiger partial charge in [0.25, 0.3) is 0 Å². The van der Waals surface area contributed by atoms with E-state index in [0.29, 0.717) is 21.9 Å². The molecule has 29 heavy (non-hydrogen) atoms. The predicted octanol–water partition coefficient (Wildman–Crippen LogP) is 5.54. The molecule has 6 heteroatoms. The summed E-state index contributed by atoms with van der Waals surface area (Å²) in [6.07, 6.45) is 0. The van der Waals surface area contributed by atoms with Crippen LogP contribution in [0.15, 0.2) is 69.2 Å². The highest BCUT2D eigenvalue weighted by Gasteiger charge is 2.24. The Balaban J connectivity index is 1.68. The highest BCUT2D eigenvalue weighted by atomic mass is 32.1. The van der Waals surface area contributed by atoms with Crippen LogP contribution < -0.4 is 10.4 Å². The molecule has 0 saturated carbocycles. The topological polar surface area (TPSA) is 69.4 Å². The zero-order valence-electron chi connectivity index (χ0n) is 16.3. The third-order valence-electron chi connectivity index (χ3n) is 4.33. The van der Waals surface area contributed by atoms with Crippen LogP contribution in [-0.2, 0) is 4.79 Å². The number of carbonyl (C=O) groups is 1. The molecule has 0 saturated heterocycles. The Labute approximate surface area is 171 Å². The fraction of sp³-hybridized carbons (Fsp3) is 0.174. The summed E-state index contributed by atoms with van der Waals surface area (Å²) in [6.45, 7) is 5.33. The van der Waals surface area contributed by atoms with E-state index in [1.54, 1.807) is 45.0 Å². The molecule has 0 aliphatic heterocycles. The number of benzene rings is 2. The summed E-state index contributed by atoms with van der Waals surface area (Å²) in [4.78, 5) is 29.2. The number of carbonyl (C=O) groups excluding carboxylic acids is 1. The average Bonchev–Trinajstić information content (AvgIpc) is 3.17. The smallest absolute Gasteiger partial charge is 0.346 e. The van der Waals surface area contributed by atoms with Crippen molar-refractivity contribution in [3.63, 3.8) is 0 Å². The van der Waals surface area contributed by atoms with E-state index in [9.17, 15) is 9.59 Å². The molecule has 0 spiro atoms. The molecule has 2 aromatic carbocycles. The second-order valence-electron chi connectivity index (χ2n) is 7.69. The van der Waals surface area contributed by atoms with E-state index in [1.807, 2.05) is 35.7 Å². The number of esters is 1. The second kappa shape index (κ2) is 7.29. The van der Waals surface area contributed by atoms with Gasteiger partial charge in [0, 0.05) is 22.4 Å².